The molecule has 1 saturated carbocycles. The molecule has 1 fully saturated rings. The lowest BCUT2D eigenvalue weighted by Gasteiger charge is -2.27. The van der Waals surface area contributed by atoms with E-state index < -0.39 is 40.7 Å². The van der Waals surface area contributed by atoms with Crippen LogP contribution in [0.3, 0.4) is 0 Å². The molecule has 0 aliphatic heterocycles. The zero-order chi connectivity index (χ0) is 19.8. The molecule has 0 aromatic heterocycles. The fraction of sp³-hybridized carbons (Fsp3) is 0.400. The van der Waals surface area contributed by atoms with E-state index in [0.29, 0.717) is 23.6 Å². The van der Waals surface area contributed by atoms with Crippen LogP contribution in [0.15, 0.2) is 30.3 Å². The molecule has 0 bridgehead atoms. The van der Waals surface area contributed by atoms with Gasteiger partial charge in [-0.25, -0.2) is 17.6 Å². The lowest BCUT2D eigenvalue weighted by Crippen LogP contribution is -2.25. The molecule has 1 aliphatic rings. The van der Waals surface area contributed by atoms with Gasteiger partial charge in [0, 0.05) is 7.49 Å². The van der Waals surface area contributed by atoms with Crippen LogP contribution in [-0.4, -0.2) is 0 Å². The molecule has 0 amide bonds. The summed E-state index contributed by atoms with van der Waals surface area (Å²) in [5.41, 5.74) is -1.22. The van der Waals surface area contributed by atoms with Gasteiger partial charge in [-0.3, -0.25) is 0 Å². The van der Waals surface area contributed by atoms with E-state index in [0.717, 1.165) is 43.9 Å². The van der Waals surface area contributed by atoms with Crippen LogP contribution in [0.25, 0.3) is 0 Å². The molecule has 3 rings (SSSR count). The van der Waals surface area contributed by atoms with Gasteiger partial charge in [-0.05, 0) is 54.5 Å². The van der Waals surface area contributed by atoms with Crippen LogP contribution in [0.1, 0.15) is 51.1 Å². The van der Waals surface area contributed by atoms with Gasteiger partial charge in [0.1, 0.15) is 22.9 Å². The average molecular weight is 390 g/mol. The maximum Gasteiger partial charge on any atom is 0.432 e. The third kappa shape index (κ3) is 4.22. The lowest BCUT2D eigenvalue weighted by molar-refractivity contribution is -0.189. The maximum atomic E-state index is 14.4. The molecule has 1 aliphatic carbocycles. The Labute approximate surface area is 154 Å². The van der Waals surface area contributed by atoms with Crippen LogP contribution in [0.2, 0.25) is 0 Å². The molecule has 0 N–H and O–H groups in total. The molecule has 0 radical (unpaired) electrons. The van der Waals surface area contributed by atoms with Crippen molar-refractivity contribution < 1.29 is 32.5 Å². The summed E-state index contributed by atoms with van der Waals surface area (Å²) in [6.07, 6.45) is -1.10. The molecule has 0 spiro atoms. The molecular weight excluding hydrogens is 370 g/mol. The van der Waals surface area contributed by atoms with Crippen LogP contribution in [0, 0.1) is 29.2 Å². The van der Waals surface area contributed by atoms with Gasteiger partial charge in [0.25, 0.3) is 0 Å². The Hall–Kier alpha value is -2.18. The minimum absolute atomic E-state index is 0. The van der Waals surface area contributed by atoms with Gasteiger partial charge in [-0.15, -0.1) is 0 Å². The molecule has 0 heterocycles. The molecule has 0 unspecified atom stereocenters. The Bertz CT molecular complexity index is 810. The molecule has 1 nitrogen and oxygen atoms in total. The van der Waals surface area contributed by atoms with Gasteiger partial charge in [-0.2, -0.15) is 8.78 Å². The minimum atomic E-state index is -4.39. The largest absolute Gasteiger partial charge is 0.432 e. The molecule has 0 saturated heterocycles. The lowest BCUT2D eigenvalue weighted by atomic mass is 9.79. The first-order valence-corrected chi connectivity index (χ1v) is 8.68. The van der Waals surface area contributed by atoms with Crippen molar-refractivity contribution in [3.8, 4) is 5.75 Å². The summed E-state index contributed by atoms with van der Waals surface area (Å²) in [5.74, 6) is -5.83. The van der Waals surface area contributed by atoms with Crippen LogP contribution in [0.4, 0.5) is 26.3 Å². The van der Waals surface area contributed by atoms with Gasteiger partial charge in [0.05, 0.1) is 0 Å². The fourth-order valence-corrected chi connectivity index (χ4v) is 3.44. The molecule has 27 heavy (non-hydrogen) atoms. The highest BCUT2D eigenvalue weighted by Crippen LogP contribution is 2.40. The summed E-state index contributed by atoms with van der Waals surface area (Å²) in [6.45, 7) is 2.09. The quantitative estimate of drug-likeness (QED) is 0.516. The van der Waals surface area contributed by atoms with E-state index in [1.807, 2.05) is 0 Å². The monoisotopic (exact) mass is 390 g/mol. The summed E-state index contributed by atoms with van der Waals surface area (Å²) in [7, 11) is 0. The van der Waals surface area contributed by atoms with E-state index in [1.54, 1.807) is 0 Å². The second-order valence-electron chi connectivity index (χ2n) is 7.01. The first kappa shape index (κ1) is 19.6. The summed E-state index contributed by atoms with van der Waals surface area (Å²) >= 11 is 0. The van der Waals surface area contributed by atoms with Crippen molar-refractivity contribution in [3.05, 3.63) is 64.7 Å². The predicted molar refractivity (Wildman–Crippen MR) is 89.7 cm³/mol. The van der Waals surface area contributed by atoms with E-state index >= 15 is 0 Å². The zero-order valence-corrected chi connectivity index (χ0v) is 14.5. The van der Waals surface area contributed by atoms with Gasteiger partial charge >= 0.3 is 6.11 Å². The van der Waals surface area contributed by atoms with E-state index in [-0.39, 0.29) is 7.34 Å². The fourth-order valence-electron chi connectivity index (χ4n) is 3.44. The number of benzene rings is 2. The van der Waals surface area contributed by atoms with Gasteiger partial charge in [-0.1, -0.05) is 19.8 Å². The summed E-state index contributed by atoms with van der Waals surface area (Å²) in [6, 6.07) is 3.53. The third-order valence-corrected chi connectivity index (χ3v) is 4.98. The summed E-state index contributed by atoms with van der Waals surface area (Å²) in [5, 5.41) is 0. The van der Waals surface area contributed by atoms with Crippen LogP contribution in [-0.2, 0) is 6.11 Å². The normalized spacial score (nSPS) is 20.6. The van der Waals surface area contributed by atoms with Crippen molar-refractivity contribution in [1.82, 2.24) is 0 Å². The Morgan fingerprint density at radius 1 is 0.852 bits per heavy atom. The number of hydrogen-bond donors (Lipinski definition) is 0. The van der Waals surface area contributed by atoms with E-state index in [4.69, 9.17) is 0 Å². The zero-order valence-electron chi connectivity index (χ0n) is 14.5. The Morgan fingerprint density at radius 2 is 1.44 bits per heavy atom. The van der Waals surface area contributed by atoms with Crippen molar-refractivity contribution >= 4 is 0 Å². The predicted octanol–water partition coefficient (Wildman–Crippen LogP) is 6.91. The second kappa shape index (κ2) is 7.44. The number of halogens is 6. The molecule has 0 atom stereocenters. The summed E-state index contributed by atoms with van der Waals surface area (Å²) < 4.78 is 87.6. The van der Waals surface area contributed by atoms with Crippen LogP contribution >= 0.6 is 0 Å². The smallest absolute Gasteiger partial charge is 0.429 e. The standard InChI is InChI=1S/C20H18F6O.H2/c1-11-2-4-12(5-3-11)13-8-17(23)19(18(24)9-13)20(25,26)27-14-6-7-15(21)16(22)10-14;/h6-12H,2-5H2,1H3;1H. The van der Waals surface area contributed by atoms with E-state index in [1.165, 1.54) is 0 Å². The minimum Gasteiger partial charge on any atom is -0.429 e. The molecule has 148 valence electrons. The molecule has 2 aromatic carbocycles. The van der Waals surface area contributed by atoms with Gasteiger partial charge in [0.15, 0.2) is 11.6 Å². The van der Waals surface area contributed by atoms with E-state index in [9.17, 15) is 26.3 Å². The molecule has 7 heteroatoms. The number of alkyl halides is 2. The van der Waals surface area contributed by atoms with Crippen molar-refractivity contribution in [3.63, 3.8) is 0 Å². The van der Waals surface area contributed by atoms with Gasteiger partial charge < -0.3 is 4.74 Å². The Morgan fingerprint density at radius 3 is 2.00 bits per heavy atom. The third-order valence-electron chi connectivity index (χ3n) is 4.98. The maximum absolute atomic E-state index is 14.4. The van der Waals surface area contributed by atoms with Crippen LogP contribution < -0.4 is 4.74 Å². The topological polar surface area (TPSA) is 9.23 Å². The van der Waals surface area contributed by atoms with Crippen LogP contribution in [0.5, 0.6) is 5.75 Å². The van der Waals surface area contributed by atoms with Crippen molar-refractivity contribution in [2.24, 2.45) is 5.92 Å². The number of hydrogen-bond acceptors (Lipinski definition) is 1. The number of ether oxygens (including phenoxy) is 1. The molecule has 2 aromatic rings. The Kier molecular flexibility index (Phi) is 5.40. The first-order valence-electron chi connectivity index (χ1n) is 8.68. The highest BCUT2D eigenvalue weighted by Gasteiger charge is 2.41. The molecular formula is C20H20F6O. The van der Waals surface area contributed by atoms with Crippen molar-refractivity contribution in [1.29, 1.82) is 0 Å². The van der Waals surface area contributed by atoms with Gasteiger partial charge in [0.2, 0.25) is 0 Å². The highest BCUT2D eigenvalue weighted by molar-refractivity contribution is 5.32. The first-order chi connectivity index (χ1) is 12.7. The second-order valence-corrected chi connectivity index (χ2v) is 7.01. The van der Waals surface area contributed by atoms with E-state index in [2.05, 4.69) is 11.7 Å². The Balaban J connectivity index is 0.00000280. The van der Waals surface area contributed by atoms with Crippen molar-refractivity contribution in [2.75, 3.05) is 0 Å². The highest BCUT2D eigenvalue weighted by atomic mass is 19.3. The summed E-state index contributed by atoms with van der Waals surface area (Å²) in [4.78, 5) is 0. The SMILES string of the molecule is CC1CCC(c2cc(F)c(C(F)(F)Oc3ccc(F)c(F)c3)c(F)c2)CC1.[HH]. The average Bonchev–Trinajstić information content (AvgIpc) is 2.57. The number of rotatable bonds is 4. The van der Waals surface area contributed by atoms with Crippen molar-refractivity contribution in [2.45, 2.75) is 44.6 Å².